The second kappa shape index (κ2) is 8.24. The lowest BCUT2D eigenvalue weighted by Crippen LogP contribution is -2.22. The van der Waals surface area contributed by atoms with E-state index >= 15 is 0 Å². The van der Waals surface area contributed by atoms with Crippen molar-refractivity contribution in [3.63, 3.8) is 0 Å². The summed E-state index contributed by atoms with van der Waals surface area (Å²) >= 11 is 0. The minimum Gasteiger partial charge on any atom is -0.493 e. The van der Waals surface area contributed by atoms with Crippen molar-refractivity contribution in [2.45, 2.75) is 19.8 Å². The van der Waals surface area contributed by atoms with E-state index in [2.05, 4.69) is 24.5 Å². The molecule has 1 amide bonds. The molecule has 0 aliphatic rings. The summed E-state index contributed by atoms with van der Waals surface area (Å²) in [6, 6.07) is 13.3. The molecule has 5 heteroatoms. The van der Waals surface area contributed by atoms with Gasteiger partial charge in [-0.05, 0) is 29.7 Å². The molecule has 0 saturated heterocycles. The highest BCUT2D eigenvalue weighted by Gasteiger charge is 2.10. The fourth-order valence-electron chi connectivity index (χ4n) is 2.44. The van der Waals surface area contributed by atoms with Gasteiger partial charge in [0.15, 0.2) is 11.5 Å². The van der Waals surface area contributed by atoms with Crippen LogP contribution in [0, 0.1) is 0 Å². The Bertz CT molecular complexity index is 699. The predicted molar refractivity (Wildman–Crippen MR) is 97.2 cm³/mol. The van der Waals surface area contributed by atoms with Gasteiger partial charge in [-0.15, -0.1) is 0 Å². The third kappa shape index (κ3) is 4.41. The van der Waals surface area contributed by atoms with Crippen molar-refractivity contribution in [1.82, 2.24) is 0 Å². The Morgan fingerprint density at radius 3 is 2.42 bits per heavy atom. The Hall–Kier alpha value is -2.69. The second-order valence-corrected chi connectivity index (χ2v) is 5.71. The van der Waals surface area contributed by atoms with Gasteiger partial charge in [0.2, 0.25) is 5.91 Å². The molecular weight excluding hydrogens is 304 g/mol. The monoisotopic (exact) mass is 328 g/mol. The Morgan fingerprint density at radius 2 is 1.75 bits per heavy atom. The SMILES string of the molecule is COc1ccc(NCC(=O)Nc2ccccc2C(C)C)cc1OC. The zero-order valence-electron chi connectivity index (χ0n) is 14.6. The molecule has 0 fully saturated rings. The Labute approximate surface area is 143 Å². The van der Waals surface area contributed by atoms with Crippen LogP contribution in [0.1, 0.15) is 25.3 Å². The molecule has 2 rings (SSSR count). The zero-order chi connectivity index (χ0) is 17.5. The molecular formula is C19H24N2O3. The van der Waals surface area contributed by atoms with E-state index in [-0.39, 0.29) is 12.5 Å². The number of anilines is 2. The highest BCUT2D eigenvalue weighted by Crippen LogP contribution is 2.29. The topological polar surface area (TPSA) is 59.6 Å². The number of methoxy groups -OCH3 is 2. The van der Waals surface area contributed by atoms with Crippen LogP contribution in [0.4, 0.5) is 11.4 Å². The van der Waals surface area contributed by atoms with Gasteiger partial charge in [-0.1, -0.05) is 32.0 Å². The van der Waals surface area contributed by atoms with Crippen molar-refractivity contribution in [3.05, 3.63) is 48.0 Å². The van der Waals surface area contributed by atoms with E-state index in [1.165, 1.54) is 0 Å². The Kier molecular flexibility index (Phi) is 6.07. The van der Waals surface area contributed by atoms with Crippen molar-refractivity contribution >= 4 is 17.3 Å². The van der Waals surface area contributed by atoms with Gasteiger partial charge in [-0.25, -0.2) is 0 Å². The van der Waals surface area contributed by atoms with Crippen molar-refractivity contribution in [3.8, 4) is 11.5 Å². The summed E-state index contributed by atoms with van der Waals surface area (Å²) < 4.78 is 10.5. The van der Waals surface area contributed by atoms with E-state index in [1.807, 2.05) is 30.3 Å². The number of benzene rings is 2. The molecule has 128 valence electrons. The minimum atomic E-state index is -0.0992. The molecule has 2 aromatic rings. The predicted octanol–water partition coefficient (Wildman–Crippen LogP) is 3.88. The van der Waals surface area contributed by atoms with Crippen LogP contribution < -0.4 is 20.1 Å². The number of rotatable bonds is 7. The first-order valence-corrected chi connectivity index (χ1v) is 7.89. The van der Waals surface area contributed by atoms with Crippen molar-refractivity contribution in [1.29, 1.82) is 0 Å². The highest BCUT2D eigenvalue weighted by atomic mass is 16.5. The van der Waals surface area contributed by atoms with Gasteiger partial charge >= 0.3 is 0 Å². The number of carbonyl (C=O) groups is 1. The summed E-state index contributed by atoms with van der Waals surface area (Å²) in [5.74, 6) is 1.52. The number of hydrogen-bond acceptors (Lipinski definition) is 4. The van der Waals surface area contributed by atoms with Crippen molar-refractivity contribution in [2.24, 2.45) is 0 Å². The van der Waals surface area contributed by atoms with Crippen LogP contribution >= 0.6 is 0 Å². The van der Waals surface area contributed by atoms with Crippen LogP contribution in [-0.4, -0.2) is 26.7 Å². The van der Waals surface area contributed by atoms with Gasteiger partial charge in [0.1, 0.15) is 0 Å². The van der Waals surface area contributed by atoms with Crippen LogP contribution in [0.5, 0.6) is 11.5 Å². The molecule has 0 heterocycles. The van der Waals surface area contributed by atoms with Crippen LogP contribution in [0.25, 0.3) is 0 Å². The van der Waals surface area contributed by atoms with E-state index in [4.69, 9.17) is 9.47 Å². The summed E-state index contributed by atoms with van der Waals surface area (Å²) in [4.78, 5) is 12.2. The largest absolute Gasteiger partial charge is 0.493 e. The number of amides is 1. The smallest absolute Gasteiger partial charge is 0.243 e. The third-order valence-corrected chi connectivity index (χ3v) is 3.69. The van der Waals surface area contributed by atoms with Crippen LogP contribution in [0.2, 0.25) is 0 Å². The van der Waals surface area contributed by atoms with E-state index in [9.17, 15) is 4.79 Å². The first-order chi connectivity index (χ1) is 11.5. The molecule has 0 spiro atoms. The molecule has 24 heavy (non-hydrogen) atoms. The Morgan fingerprint density at radius 1 is 1.04 bits per heavy atom. The average molecular weight is 328 g/mol. The lowest BCUT2D eigenvalue weighted by Gasteiger charge is -2.14. The fourth-order valence-corrected chi connectivity index (χ4v) is 2.44. The fraction of sp³-hybridized carbons (Fsp3) is 0.316. The van der Waals surface area contributed by atoms with E-state index in [1.54, 1.807) is 26.4 Å². The number of ether oxygens (including phenoxy) is 2. The normalized spacial score (nSPS) is 10.4. The summed E-state index contributed by atoms with van der Waals surface area (Å²) in [6.07, 6.45) is 0. The maximum absolute atomic E-state index is 12.2. The van der Waals surface area contributed by atoms with Gasteiger partial charge in [-0.3, -0.25) is 4.79 Å². The number of nitrogens with one attached hydrogen (secondary N) is 2. The van der Waals surface area contributed by atoms with E-state index in [0.717, 1.165) is 16.9 Å². The molecule has 2 N–H and O–H groups in total. The lowest BCUT2D eigenvalue weighted by molar-refractivity contribution is -0.114. The first-order valence-electron chi connectivity index (χ1n) is 7.89. The van der Waals surface area contributed by atoms with Gasteiger partial charge in [0.25, 0.3) is 0 Å². The molecule has 0 bridgehead atoms. The molecule has 0 radical (unpaired) electrons. The molecule has 5 nitrogen and oxygen atoms in total. The van der Waals surface area contributed by atoms with Crippen molar-refractivity contribution < 1.29 is 14.3 Å². The van der Waals surface area contributed by atoms with Crippen LogP contribution in [0.15, 0.2) is 42.5 Å². The first kappa shape index (κ1) is 17.7. The molecule has 0 aromatic heterocycles. The van der Waals surface area contributed by atoms with Gasteiger partial charge in [0, 0.05) is 17.4 Å². The molecule has 0 unspecified atom stereocenters. The molecule has 0 atom stereocenters. The third-order valence-electron chi connectivity index (χ3n) is 3.69. The number of carbonyl (C=O) groups excluding carboxylic acids is 1. The average Bonchev–Trinajstić information content (AvgIpc) is 2.59. The van der Waals surface area contributed by atoms with Gasteiger partial charge < -0.3 is 20.1 Å². The molecule has 2 aromatic carbocycles. The summed E-state index contributed by atoms with van der Waals surface area (Å²) in [5, 5.41) is 6.05. The second-order valence-electron chi connectivity index (χ2n) is 5.71. The lowest BCUT2D eigenvalue weighted by atomic mass is 10.0. The van der Waals surface area contributed by atoms with Crippen molar-refractivity contribution in [2.75, 3.05) is 31.4 Å². The zero-order valence-corrected chi connectivity index (χ0v) is 14.6. The van der Waals surface area contributed by atoms with E-state index in [0.29, 0.717) is 17.4 Å². The summed E-state index contributed by atoms with van der Waals surface area (Å²) in [6.45, 7) is 4.38. The highest BCUT2D eigenvalue weighted by molar-refractivity contribution is 5.94. The maximum atomic E-state index is 12.2. The van der Waals surface area contributed by atoms with Gasteiger partial charge in [0.05, 0.1) is 20.8 Å². The summed E-state index contributed by atoms with van der Waals surface area (Å²) in [7, 11) is 3.17. The van der Waals surface area contributed by atoms with E-state index < -0.39 is 0 Å². The molecule has 0 aliphatic carbocycles. The number of para-hydroxylation sites is 1. The number of hydrogen-bond donors (Lipinski definition) is 2. The van der Waals surface area contributed by atoms with Crippen LogP contribution in [-0.2, 0) is 4.79 Å². The molecule has 0 saturated carbocycles. The maximum Gasteiger partial charge on any atom is 0.243 e. The Balaban J connectivity index is 1.99. The minimum absolute atomic E-state index is 0.0992. The summed E-state index contributed by atoms with van der Waals surface area (Å²) in [5.41, 5.74) is 2.77. The van der Waals surface area contributed by atoms with Gasteiger partial charge in [-0.2, -0.15) is 0 Å². The van der Waals surface area contributed by atoms with Crippen LogP contribution in [0.3, 0.4) is 0 Å². The quantitative estimate of drug-likeness (QED) is 0.810. The standard InChI is InChI=1S/C19H24N2O3/c1-13(2)15-7-5-6-8-16(15)21-19(22)12-20-14-9-10-17(23-3)18(11-14)24-4/h5-11,13,20H,12H2,1-4H3,(H,21,22). The molecule has 0 aliphatic heterocycles.